The Balaban J connectivity index is 1.74. The molecule has 0 spiro atoms. The van der Waals surface area contributed by atoms with E-state index < -0.39 is 0 Å². The maximum Gasteiger partial charge on any atom is 0.264 e. The van der Waals surface area contributed by atoms with E-state index in [1.807, 2.05) is 13.1 Å². The standard InChI is InChI=1S/C23H23Cl2N3O3/c1-27-7-9-28(10-8-27)23(29)18(14-26)11-16-3-6-21(22(12-16)30-2)31-15-17-4-5-19(24)13-20(17)25/h3-6,11-13H,7-10,15H2,1-2H3. The maximum absolute atomic E-state index is 12.7. The number of rotatable bonds is 6. The zero-order valence-corrected chi connectivity index (χ0v) is 18.9. The fourth-order valence-electron chi connectivity index (χ4n) is 3.18. The van der Waals surface area contributed by atoms with Gasteiger partial charge in [-0.1, -0.05) is 35.3 Å². The Labute approximate surface area is 192 Å². The number of hydrogen-bond donors (Lipinski definition) is 0. The van der Waals surface area contributed by atoms with Crippen LogP contribution in [-0.4, -0.2) is 56.0 Å². The largest absolute Gasteiger partial charge is 0.493 e. The molecule has 0 unspecified atom stereocenters. The topological polar surface area (TPSA) is 65.8 Å². The van der Waals surface area contributed by atoms with Gasteiger partial charge in [-0.2, -0.15) is 5.26 Å². The van der Waals surface area contributed by atoms with Crippen molar-refractivity contribution in [1.82, 2.24) is 9.80 Å². The third kappa shape index (κ3) is 5.92. The zero-order valence-electron chi connectivity index (χ0n) is 17.4. The number of carbonyl (C=O) groups excluding carboxylic acids is 1. The summed E-state index contributed by atoms with van der Waals surface area (Å²) in [5, 5.41) is 10.6. The van der Waals surface area contributed by atoms with Crippen molar-refractivity contribution in [2.45, 2.75) is 6.61 Å². The third-order valence-corrected chi connectivity index (χ3v) is 5.63. The summed E-state index contributed by atoms with van der Waals surface area (Å²) in [5.41, 5.74) is 1.56. The minimum Gasteiger partial charge on any atom is -0.493 e. The van der Waals surface area contributed by atoms with Gasteiger partial charge in [0.2, 0.25) is 0 Å². The van der Waals surface area contributed by atoms with Gasteiger partial charge in [0.25, 0.3) is 5.91 Å². The lowest BCUT2D eigenvalue weighted by Crippen LogP contribution is -2.47. The van der Waals surface area contributed by atoms with Crippen LogP contribution in [0.4, 0.5) is 0 Å². The van der Waals surface area contributed by atoms with Crippen molar-refractivity contribution in [3.8, 4) is 17.6 Å². The SMILES string of the molecule is COc1cc(C=C(C#N)C(=O)N2CCN(C)CC2)ccc1OCc1ccc(Cl)cc1Cl. The van der Waals surface area contributed by atoms with Crippen LogP contribution in [-0.2, 0) is 11.4 Å². The molecule has 3 rings (SSSR count). The van der Waals surface area contributed by atoms with Crippen LogP contribution in [0.1, 0.15) is 11.1 Å². The van der Waals surface area contributed by atoms with Crippen LogP contribution in [0.2, 0.25) is 10.0 Å². The van der Waals surface area contributed by atoms with E-state index in [1.165, 1.54) is 7.11 Å². The van der Waals surface area contributed by atoms with E-state index in [-0.39, 0.29) is 18.1 Å². The molecular formula is C23H23Cl2N3O3. The molecule has 1 fully saturated rings. The van der Waals surface area contributed by atoms with Crippen molar-refractivity contribution in [2.75, 3.05) is 40.3 Å². The smallest absolute Gasteiger partial charge is 0.264 e. The van der Waals surface area contributed by atoms with Gasteiger partial charge in [-0.15, -0.1) is 0 Å². The Kier molecular flexibility index (Phi) is 7.80. The number of ether oxygens (including phenoxy) is 2. The molecule has 2 aromatic carbocycles. The van der Waals surface area contributed by atoms with Crippen LogP contribution in [0.25, 0.3) is 6.08 Å². The Morgan fingerprint density at radius 2 is 1.87 bits per heavy atom. The Morgan fingerprint density at radius 3 is 2.52 bits per heavy atom. The Morgan fingerprint density at radius 1 is 1.13 bits per heavy atom. The molecule has 31 heavy (non-hydrogen) atoms. The van der Waals surface area contributed by atoms with Crippen molar-refractivity contribution in [2.24, 2.45) is 0 Å². The molecule has 1 aliphatic heterocycles. The lowest BCUT2D eigenvalue weighted by atomic mass is 10.1. The molecule has 0 radical (unpaired) electrons. The zero-order chi connectivity index (χ0) is 22.4. The van der Waals surface area contributed by atoms with E-state index in [2.05, 4.69) is 4.90 Å². The van der Waals surface area contributed by atoms with Crippen LogP contribution in [0, 0.1) is 11.3 Å². The summed E-state index contributed by atoms with van der Waals surface area (Å²) in [6, 6.07) is 12.5. The average molecular weight is 460 g/mol. The summed E-state index contributed by atoms with van der Waals surface area (Å²) in [4.78, 5) is 16.6. The van der Waals surface area contributed by atoms with Gasteiger partial charge in [-0.3, -0.25) is 4.79 Å². The minimum absolute atomic E-state index is 0.0909. The van der Waals surface area contributed by atoms with Gasteiger partial charge >= 0.3 is 0 Å². The molecule has 1 saturated heterocycles. The highest BCUT2D eigenvalue weighted by atomic mass is 35.5. The number of methoxy groups -OCH3 is 1. The molecule has 0 aliphatic carbocycles. The van der Waals surface area contributed by atoms with Crippen molar-refractivity contribution < 1.29 is 14.3 Å². The van der Waals surface area contributed by atoms with Gasteiger partial charge in [-0.05, 0) is 43.0 Å². The second-order valence-corrected chi connectivity index (χ2v) is 8.04. The van der Waals surface area contributed by atoms with Gasteiger partial charge in [0.1, 0.15) is 18.2 Å². The van der Waals surface area contributed by atoms with Crippen LogP contribution < -0.4 is 9.47 Å². The maximum atomic E-state index is 12.7. The fourth-order valence-corrected chi connectivity index (χ4v) is 3.64. The number of likely N-dealkylation sites (N-methyl/N-ethyl adjacent to an activating group) is 1. The molecule has 162 valence electrons. The molecule has 1 aliphatic rings. The van der Waals surface area contributed by atoms with Crippen molar-refractivity contribution in [1.29, 1.82) is 5.26 Å². The molecule has 1 amide bonds. The minimum atomic E-state index is -0.257. The molecular weight excluding hydrogens is 437 g/mol. The van der Waals surface area contributed by atoms with E-state index >= 15 is 0 Å². The highest BCUT2D eigenvalue weighted by molar-refractivity contribution is 6.35. The summed E-state index contributed by atoms with van der Waals surface area (Å²) < 4.78 is 11.3. The van der Waals surface area contributed by atoms with Crippen LogP contribution in [0.5, 0.6) is 11.5 Å². The summed E-state index contributed by atoms with van der Waals surface area (Å²) in [6.45, 7) is 3.05. The van der Waals surface area contributed by atoms with Gasteiger partial charge in [0.15, 0.2) is 11.5 Å². The third-order valence-electron chi connectivity index (χ3n) is 5.04. The summed E-state index contributed by atoms with van der Waals surface area (Å²) >= 11 is 12.1. The monoisotopic (exact) mass is 459 g/mol. The Hall–Kier alpha value is -2.72. The summed E-state index contributed by atoms with van der Waals surface area (Å²) in [5.74, 6) is 0.755. The van der Waals surface area contributed by atoms with E-state index in [0.29, 0.717) is 40.2 Å². The average Bonchev–Trinajstić information content (AvgIpc) is 2.77. The molecule has 0 atom stereocenters. The molecule has 2 aromatic rings. The molecule has 0 bridgehead atoms. The first-order chi connectivity index (χ1) is 14.9. The number of hydrogen-bond acceptors (Lipinski definition) is 5. The first-order valence-electron chi connectivity index (χ1n) is 9.75. The van der Waals surface area contributed by atoms with Gasteiger partial charge in [-0.25, -0.2) is 0 Å². The van der Waals surface area contributed by atoms with Crippen molar-refractivity contribution >= 4 is 35.2 Å². The second-order valence-electron chi connectivity index (χ2n) is 7.20. The summed E-state index contributed by atoms with van der Waals surface area (Å²) in [6.07, 6.45) is 1.57. The lowest BCUT2D eigenvalue weighted by Gasteiger charge is -2.32. The molecule has 0 aromatic heterocycles. The molecule has 1 heterocycles. The van der Waals surface area contributed by atoms with E-state index in [0.717, 1.165) is 18.7 Å². The number of halogens is 2. The summed E-state index contributed by atoms with van der Waals surface area (Å²) in [7, 11) is 3.55. The van der Waals surface area contributed by atoms with E-state index in [1.54, 1.807) is 47.4 Å². The van der Waals surface area contributed by atoms with Crippen molar-refractivity contribution in [3.63, 3.8) is 0 Å². The first-order valence-corrected chi connectivity index (χ1v) is 10.5. The van der Waals surface area contributed by atoms with Crippen LogP contribution in [0.15, 0.2) is 42.0 Å². The Bertz CT molecular complexity index is 1030. The number of carbonyl (C=O) groups is 1. The predicted molar refractivity (Wildman–Crippen MR) is 121 cm³/mol. The quantitative estimate of drug-likeness (QED) is 0.476. The number of piperazine rings is 1. The number of amides is 1. The van der Waals surface area contributed by atoms with E-state index in [4.69, 9.17) is 32.7 Å². The number of nitriles is 1. The normalized spacial score (nSPS) is 14.8. The van der Waals surface area contributed by atoms with Crippen LogP contribution >= 0.6 is 23.2 Å². The number of nitrogens with zero attached hydrogens (tertiary/aromatic N) is 3. The van der Waals surface area contributed by atoms with Gasteiger partial charge < -0.3 is 19.3 Å². The van der Waals surface area contributed by atoms with Gasteiger partial charge in [0.05, 0.1) is 7.11 Å². The number of benzene rings is 2. The molecule has 0 saturated carbocycles. The predicted octanol–water partition coefficient (Wildman–Crippen LogP) is 4.26. The highest BCUT2D eigenvalue weighted by Crippen LogP contribution is 2.31. The first kappa shape index (κ1) is 23.0. The van der Waals surface area contributed by atoms with Gasteiger partial charge in [0, 0.05) is 41.8 Å². The molecule has 8 heteroatoms. The molecule has 6 nitrogen and oxygen atoms in total. The lowest BCUT2D eigenvalue weighted by molar-refractivity contribution is -0.128. The molecule has 0 N–H and O–H groups in total. The second kappa shape index (κ2) is 10.5. The fraction of sp³-hybridized carbons (Fsp3) is 0.304. The van der Waals surface area contributed by atoms with E-state index in [9.17, 15) is 10.1 Å². The van der Waals surface area contributed by atoms with Crippen molar-refractivity contribution in [3.05, 3.63) is 63.1 Å². The highest BCUT2D eigenvalue weighted by Gasteiger charge is 2.22. The van der Waals surface area contributed by atoms with Crippen LogP contribution in [0.3, 0.4) is 0 Å².